The molecule has 0 unspecified atom stereocenters. The molecule has 0 atom stereocenters. The highest BCUT2D eigenvalue weighted by Gasteiger charge is 2.63. The van der Waals surface area contributed by atoms with Gasteiger partial charge >= 0.3 is 0 Å². The van der Waals surface area contributed by atoms with Gasteiger partial charge in [-0.2, -0.15) is 0 Å². The number of benzene rings is 6. The number of para-hydroxylation sites is 1. The molecule has 0 aromatic heterocycles. The second-order valence-electron chi connectivity index (χ2n) is 20.1. The first-order chi connectivity index (χ1) is 28.2. The van der Waals surface area contributed by atoms with Gasteiger partial charge in [-0.15, -0.1) is 0 Å². The Morgan fingerprint density at radius 3 is 1.19 bits per heavy atom. The van der Waals surface area contributed by atoms with Crippen LogP contribution in [0.2, 0.25) is 0 Å². The maximum absolute atomic E-state index is 2.71. The molecular formula is C56H51N. The predicted octanol–water partition coefficient (Wildman–Crippen LogP) is 14.3. The molecule has 2 spiro atoms. The quantitative estimate of drug-likeness (QED) is 0.174. The standard InChI is InChI=1S/C56H51N/c1-2-10-38(11-3-1)45-12-6-9-17-54(45)57(43-18-20-48-46-13-4-7-15-50(46)55(52(48)32-43)39-24-34-22-35(26-39)27-40(55)25-34)44-19-21-49-47-14-5-8-16-51(47)56(53(49)33-44)41-28-36-23-37(30-41)31-42(56)29-36/h1-21,32-37,39-42H,22-31H2. The van der Waals surface area contributed by atoms with Gasteiger partial charge in [0.05, 0.1) is 5.69 Å². The summed E-state index contributed by atoms with van der Waals surface area (Å²) in [6.45, 7) is 0. The summed E-state index contributed by atoms with van der Waals surface area (Å²) in [6, 6.07) is 55.0. The summed E-state index contributed by atoms with van der Waals surface area (Å²) in [5.41, 5.74) is 19.2. The monoisotopic (exact) mass is 737 g/mol. The first-order valence-electron chi connectivity index (χ1n) is 22.6. The van der Waals surface area contributed by atoms with Gasteiger partial charge in [0, 0.05) is 27.8 Å². The van der Waals surface area contributed by atoms with Gasteiger partial charge in [-0.3, -0.25) is 0 Å². The lowest BCUT2D eigenvalue weighted by atomic mass is 9.43. The smallest absolute Gasteiger partial charge is 0.0540 e. The van der Waals surface area contributed by atoms with Gasteiger partial charge in [-0.1, -0.05) is 109 Å². The van der Waals surface area contributed by atoms with E-state index in [2.05, 4.69) is 144 Å². The van der Waals surface area contributed by atoms with Gasteiger partial charge in [0.25, 0.3) is 0 Å². The molecule has 6 aromatic carbocycles. The van der Waals surface area contributed by atoms with Gasteiger partial charge in [0.2, 0.25) is 0 Å². The number of anilines is 3. The molecule has 8 saturated carbocycles. The molecular weight excluding hydrogens is 687 g/mol. The summed E-state index contributed by atoms with van der Waals surface area (Å²) >= 11 is 0. The van der Waals surface area contributed by atoms with Gasteiger partial charge < -0.3 is 4.90 Å². The van der Waals surface area contributed by atoms with E-state index in [-0.39, 0.29) is 10.8 Å². The molecule has 8 fully saturated rings. The Hall–Kier alpha value is -4.88. The summed E-state index contributed by atoms with van der Waals surface area (Å²) in [4.78, 5) is 2.68. The zero-order valence-electron chi connectivity index (χ0n) is 32.9. The van der Waals surface area contributed by atoms with Crippen molar-refractivity contribution < 1.29 is 0 Å². The summed E-state index contributed by atoms with van der Waals surface area (Å²) in [6.07, 6.45) is 14.2. The normalized spacial score (nSPS) is 33.8. The van der Waals surface area contributed by atoms with E-state index in [1.807, 2.05) is 0 Å². The van der Waals surface area contributed by atoms with Crippen LogP contribution in [0.4, 0.5) is 17.1 Å². The fourth-order valence-electron chi connectivity index (χ4n) is 16.5. The lowest BCUT2D eigenvalue weighted by Crippen LogP contribution is -2.55. The molecule has 0 saturated heterocycles. The van der Waals surface area contributed by atoms with Crippen LogP contribution in [0.3, 0.4) is 0 Å². The molecule has 0 N–H and O–H groups in total. The Balaban J connectivity index is 1.01. The van der Waals surface area contributed by atoms with E-state index in [4.69, 9.17) is 0 Å². The van der Waals surface area contributed by atoms with Crippen molar-refractivity contribution in [1.82, 2.24) is 0 Å². The number of hydrogen-bond donors (Lipinski definition) is 0. The SMILES string of the molecule is c1ccc(-c2ccccc2N(c2ccc3c(c2)C2(c4ccccc4-3)C3CC4CC(C3)CC2C4)c2ccc3c(c2)C2(c4ccccc4-3)C3CC4CC(C3)CC2C4)cc1. The van der Waals surface area contributed by atoms with Crippen molar-refractivity contribution in [3.8, 4) is 33.4 Å². The molecule has 1 heteroatoms. The Morgan fingerprint density at radius 1 is 0.333 bits per heavy atom. The maximum atomic E-state index is 2.71. The number of rotatable bonds is 4. The Bertz CT molecular complexity index is 2430. The first kappa shape index (κ1) is 32.1. The highest BCUT2D eigenvalue weighted by molar-refractivity contribution is 5.93. The molecule has 280 valence electrons. The van der Waals surface area contributed by atoms with Crippen LogP contribution in [0.1, 0.15) is 86.5 Å². The minimum Gasteiger partial charge on any atom is -0.310 e. The Kier molecular flexibility index (Phi) is 6.43. The predicted molar refractivity (Wildman–Crippen MR) is 233 cm³/mol. The van der Waals surface area contributed by atoms with Gasteiger partial charge in [-0.25, -0.2) is 0 Å². The molecule has 57 heavy (non-hydrogen) atoms. The van der Waals surface area contributed by atoms with Crippen molar-refractivity contribution in [2.75, 3.05) is 4.90 Å². The molecule has 0 amide bonds. The van der Waals surface area contributed by atoms with Crippen molar-refractivity contribution in [3.05, 3.63) is 162 Å². The average Bonchev–Trinajstić information content (AvgIpc) is 3.70. The summed E-state index contributed by atoms with van der Waals surface area (Å²) in [5, 5.41) is 0. The molecule has 0 heterocycles. The van der Waals surface area contributed by atoms with Crippen LogP contribution in [0, 0.1) is 47.3 Å². The zero-order valence-corrected chi connectivity index (χ0v) is 32.9. The van der Waals surface area contributed by atoms with Crippen molar-refractivity contribution in [1.29, 1.82) is 0 Å². The van der Waals surface area contributed by atoms with Crippen LogP contribution < -0.4 is 4.90 Å². The van der Waals surface area contributed by atoms with Crippen LogP contribution in [0.15, 0.2) is 140 Å². The number of nitrogens with zero attached hydrogens (tertiary/aromatic N) is 1. The maximum Gasteiger partial charge on any atom is 0.0540 e. The molecule has 6 aromatic rings. The average molecular weight is 738 g/mol. The third-order valence-corrected chi connectivity index (χ3v) is 17.8. The molecule has 1 nitrogen and oxygen atoms in total. The molecule has 16 rings (SSSR count). The van der Waals surface area contributed by atoms with Crippen molar-refractivity contribution in [2.24, 2.45) is 47.3 Å². The van der Waals surface area contributed by atoms with Crippen LogP contribution in [-0.2, 0) is 10.8 Å². The molecule has 10 aliphatic carbocycles. The molecule has 10 aliphatic rings. The Labute approximate surface area is 338 Å². The topological polar surface area (TPSA) is 3.24 Å². The highest BCUT2D eigenvalue weighted by Crippen LogP contribution is 2.71. The first-order valence-corrected chi connectivity index (χ1v) is 22.6. The summed E-state index contributed by atoms with van der Waals surface area (Å²) in [5.74, 6) is 6.69. The second-order valence-corrected chi connectivity index (χ2v) is 20.1. The number of hydrogen-bond acceptors (Lipinski definition) is 1. The summed E-state index contributed by atoms with van der Waals surface area (Å²) < 4.78 is 0. The second kappa shape index (κ2) is 11.4. The fraction of sp³-hybridized carbons (Fsp3) is 0.357. The van der Waals surface area contributed by atoms with E-state index in [1.165, 1.54) is 115 Å². The van der Waals surface area contributed by atoms with Crippen LogP contribution >= 0.6 is 0 Å². The van der Waals surface area contributed by atoms with Crippen molar-refractivity contribution in [2.45, 2.75) is 75.0 Å². The van der Waals surface area contributed by atoms with E-state index in [9.17, 15) is 0 Å². The zero-order chi connectivity index (χ0) is 37.0. The summed E-state index contributed by atoms with van der Waals surface area (Å²) in [7, 11) is 0. The molecule has 8 bridgehead atoms. The third kappa shape index (κ3) is 4.07. The third-order valence-electron chi connectivity index (χ3n) is 17.8. The van der Waals surface area contributed by atoms with Crippen LogP contribution in [0.25, 0.3) is 33.4 Å². The van der Waals surface area contributed by atoms with Crippen molar-refractivity contribution in [3.63, 3.8) is 0 Å². The van der Waals surface area contributed by atoms with Gasteiger partial charge in [-0.05, 0) is 192 Å². The van der Waals surface area contributed by atoms with E-state index in [1.54, 1.807) is 22.3 Å². The van der Waals surface area contributed by atoms with Crippen LogP contribution in [0.5, 0.6) is 0 Å². The van der Waals surface area contributed by atoms with Gasteiger partial charge in [0.1, 0.15) is 0 Å². The lowest BCUT2D eigenvalue weighted by Gasteiger charge is -2.61. The Morgan fingerprint density at radius 2 is 0.719 bits per heavy atom. The number of fused-ring (bicyclic) bond motifs is 6. The van der Waals surface area contributed by atoms with E-state index < -0.39 is 0 Å². The van der Waals surface area contributed by atoms with Crippen LogP contribution in [-0.4, -0.2) is 0 Å². The van der Waals surface area contributed by atoms with Gasteiger partial charge in [0.15, 0.2) is 0 Å². The minimum atomic E-state index is 0.129. The van der Waals surface area contributed by atoms with E-state index in [0.29, 0.717) is 0 Å². The fourth-order valence-corrected chi connectivity index (χ4v) is 16.5. The van der Waals surface area contributed by atoms with Crippen molar-refractivity contribution >= 4 is 17.1 Å². The van der Waals surface area contributed by atoms with E-state index >= 15 is 0 Å². The van der Waals surface area contributed by atoms with E-state index in [0.717, 1.165) is 47.3 Å². The molecule has 0 aliphatic heterocycles. The minimum absolute atomic E-state index is 0.129. The lowest BCUT2D eigenvalue weighted by molar-refractivity contribution is -0.0399. The molecule has 0 radical (unpaired) electrons. The highest BCUT2D eigenvalue weighted by atomic mass is 15.1. The largest absolute Gasteiger partial charge is 0.310 e.